The second kappa shape index (κ2) is 8.67. The average molecular weight is 451 g/mol. The molecule has 1 heterocycles. The molecule has 3 aromatic rings. The summed E-state index contributed by atoms with van der Waals surface area (Å²) in [6.45, 7) is 3.80. The van der Waals surface area contributed by atoms with E-state index < -0.39 is 16.1 Å². The lowest BCUT2D eigenvalue weighted by atomic mass is 9.97. The zero-order valence-corrected chi connectivity index (χ0v) is 19.4. The third-order valence-corrected chi connectivity index (χ3v) is 7.51. The minimum absolute atomic E-state index is 0.237. The molecule has 0 fully saturated rings. The van der Waals surface area contributed by atoms with Crippen LogP contribution in [-0.2, 0) is 10.0 Å². The van der Waals surface area contributed by atoms with Crippen molar-refractivity contribution in [2.45, 2.75) is 31.2 Å². The molecule has 1 aliphatic heterocycles. The highest BCUT2D eigenvalue weighted by atomic mass is 32.2. The van der Waals surface area contributed by atoms with Crippen LogP contribution in [0.25, 0.3) is 0 Å². The molecular formula is C25H26N2O4S. The highest BCUT2D eigenvalue weighted by Gasteiger charge is 2.40. The van der Waals surface area contributed by atoms with Gasteiger partial charge >= 0.3 is 0 Å². The smallest absolute Gasteiger partial charge is 0.279 e. The van der Waals surface area contributed by atoms with Crippen LogP contribution < -0.4 is 9.47 Å². The number of para-hydroxylation sites is 1. The highest BCUT2D eigenvalue weighted by molar-refractivity contribution is 7.89. The van der Waals surface area contributed by atoms with Gasteiger partial charge in [0, 0.05) is 12.0 Å². The van der Waals surface area contributed by atoms with E-state index >= 15 is 0 Å². The monoisotopic (exact) mass is 450 g/mol. The van der Waals surface area contributed by atoms with E-state index in [0.29, 0.717) is 34.8 Å². The zero-order valence-electron chi connectivity index (χ0n) is 18.6. The summed E-state index contributed by atoms with van der Waals surface area (Å²) in [6, 6.07) is 19.8. The van der Waals surface area contributed by atoms with E-state index in [-0.39, 0.29) is 4.90 Å². The Kier molecular flexibility index (Phi) is 5.93. The lowest BCUT2D eigenvalue weighted by Gasteiger charge is -2.26. The predicted molar refractivity (Wildman–Crippen MR) is 125 cm³/mol. The molecule has 0 saturated carbocycles. The third-order valence-electron chi connectivity index (χ3n) is 5.67. The van der Waals surface area contributed by atoms with Crippen molar-refractivity contribution in [3.05, 3.63) is 89.0 Å². The Balaban J connectivity index is 1.88. The molecule has 3 aromatic carbocycles. The molecule has 4 rings (SSSR count). The Labute approximate surface area is 189 Å². The lowest BCUT2D eigenvalue weighted by molar-refractivity contribution is 0.328. The summed E-state index contributed by atoms with van der Waals surface area (Å²) in [4.78, 5) is 0.237. The van der Waals surface area contributed by atoms with Gasteiger partial charge in [0.15, 0.2) is 11.5 Å². The average Bonchev–Trinajstić information content (AvgIpc) is 3.25. The molecule has 0 spiro atoms. The summed E-state index contributed by atoms with van der Waals surface area (Å²) in [5.41, 5.74) is 4.10. The van der Waals surface area contributed by atoms with Gasteiger partial charge in [-0.1, -0.05) is 60.2 Å². The van der Waals surface area contributed by atoms with E-state index in [2.05, 4.69) is 5.10 Å². The SMILES string of the molecule is COc1cccc(C2CC(c3ccc(C)cc3)=NN2S(=O)(=O)c2ccccc2C)c1OC. The van der Waals surface area contributed by atoms with Gasteiger partial charge in [-0.2, -0.15) is 17.9 Å². The van der Waals surface area contributed by atoms with E-state index in [1.54, 1.807) is 45.4 Å². The van der Waals surface area contributed by atoms with Crippen LogP contribution in [0.3, 0.4) is 0 Å². The van der Waals surface area contributed by atoms with Crippen LogP contribution in [0.5, 0.6) is 11.5 Å². The number of methoxy groups -OCH3 is 2. The van der Waals surface area contributed by atoms with Gasteiger partial charge in [-0.25, -0.2) is 0 Å². The molecule has 6 nitrogen and oxygen atoms in total. The molecule has 0 aromatic heterocycles. The van der Waals surface area contributed by atoms with Gasteiger partial charge in [-0.15, -0.1) is 0 Å². The predicted octanol–water partition coefficient (Wildman–Crippen LogP) is 4.86. The number of aryl methyl sites for hydroxylation is 2. The fraction of sp³-hybridized carbons (Fsp3) is 0.240. The molecule has 0 amide bonds. The first-order chi connectivity index (χ1) is 15.4. The molecule has 166 valence electrons. The lowest BCUT2D eigenvalue weighted by Crippen LogP contribution is -2.28. The normalized spacial score (nSPS) is 16.1. The molecule has 1 aliphatic rings. The minimum Gasteiger partial charge on any atom is -0.493 e. The number of rotatable bonds is 6. The van der Waals surface area contributed by atoms with Crippen molar-refractivity contribution < 1.29 is 17.9 Å². The van der Waals surface area contributed by atoms with E-state index in [0.717, 1.165) is 11.1 Å². The first kappa shape index (κ1) is 21.9. The van der Waals surface area contributed by atoms with Crippen LogP contribution >= 0.6 is 0 Å². The Morgan fingerprint density at radius 2 is 1.62 bits per heavy atom. The van der Waals surface area contributed by atoms with Crippen LogP contribution in [0, 0.1) is 13.8 Å². The van der Waals surface area contributed by atoms with E-state index in [1.807, 2.05) is 49.4 Å². The summed E-state index contributed by atoms with van der Waals surface area (Å²) < 4.78 is 39.9. The van der Waals surface area contributed by atoms with Gasteiger partial charge in [0.2, 0.25) is 0 Å². The summed E-state index contributed by atoms with van der Waals surface area (Å²) in [5, 5.41) is 4.63. The van der Waals surface area contributed by atoms with Crippen molar-refractivity contribution in [1.82, 2.24) is 4.41 Å². The number of ether oxygens (including phenoxy) is 2. The van der Waals surface area contributed by atoms with Gasteiger partial charge in [0.1, 0.15) is 0 Å². The molecule has 0 saturated heterocycles. The van der Waals surface area contributed by atoms with Crippen molar-refractivity contribution in [3.8, 4) is 11.5 Å². The van der Waals surface area contributed by atoms with Crippen LogP contribution in [0.15, 0.2) is 76.7 Å². The minimum atomic E-state index is -3.91. The quantitative estimate of drug-likeness (QED) is 0.538. The van der Waals surface area contributed by atoms with Crippen LogP contribution in [-0.4, -0.2) is 32.8 Å². The molecule has 0 aliphatic carbocycles. The molecule has 1 atom stereocenters. The number of benzene rings is 3. The highest BCUT2D eigenvalue weighted by Crippen LogP contribution is 2.44. The maximum atomic E-state index is 13.8. The second-order valence-electron chi connectivity index (χ2n) is 7.76. The maximum Gasteiger partial charge on any atom is 0.279 e. The molecule has 7 heteroatoms. The van der Waals surface area contributed by atoms with Crippen molar-refractivity contribution in [1.29, 1.82) is 0 Å². The number of hydrazone groups is 1. The van der Waals surface area contributed by atoms with Gasteiger partial charge < -0.3 is 9.47 Å². The largest absolute Gasteiger partial charge is 0.493 e. The topological polar surface area (TPSA) is 68.2 Å². The van der Waals surface area contributed by atoms with Crippen molar-refractivity contribution in [2.75, 3.05) is 14.2 Å². The fourth-order valence-corrected chi connectivity index (χ4v) is 5.64. The summed E-state index contributed by atoms with van der Waals surface area (Å²) in [6.07, 6.45) is 0.414. The first-order valence-corrected chi connectivity index (χ1v) is 11.8. The molecule has 0 bridgehead atoms. The first-order valence-electron chi connectivity index (χ1n) is 10.3. The molecule has 32 heavy (non-hydrogen) atoms. The van der Waals surface area contributed by atoms with Crippen LogP contribution in [0.4, 0.5) is 0 Å². The zero-order chi connectivity index (χ0) is 22.9. The number of hydrogen-bond donors (Lipinski definition) is 0. The number of nitrogens with zero attached hydrogens (tertiary/aromatic N) is 2. The fourth-order valence-electron chi connectivity index (χ4n) is 3.98. The Bertz CT molecular complexity index is 1270. The van der Waals surface area contributed by atoms with Gasteiger partial charge in [0.05, 0.1) is 30.9 Å². The standard InChI is InChI=1S/C25H26N2O4S/c1-17-12-14-19(15-13-17)21-16-22(20-9-7-10-23(30-3)25(20)31-4)27(26-21)32(28,29)24-11-6-5-8-18(24)2/h5-15,22H,16H2,1-4H3. The Morgan fingerprint density at radius 3 is 2.28 bits per heavy atom. The van der Waals surface area contributed by atoms with Gasteiger partial charge in [0.25, 0.3) is 10.0 Å². The van der Waals surface area contributed by atoms with Crippen molar-refractivity contribution in [2.24, 2.45) is 5.10 Å². The Hall–Kier alpha value is -3.32. The van der Waals surface area contributed by atoms with Crippen LogP contribution in [0.1, 0.15) is 34.7 Å². The van der Waals surface area contributed by atoms with Crippen LogP contribution in [0.2, 0.25) is 0 Å². The van der Waals surface area contributed by atoms with Gasteiger partial charge in [-0.05, 0) is 37.1 Å². The summed E-state index contributed by atoms with van der Waals surface area (Å²) in [7, 11) is -0.795. The maximum absolute atomic E-state index is 13.8. The molecule has 1 unspecified atom stereocenters. The van der Waals surface area contributed by atoms with Gasteiger partial charge in [-0.3, -0.25) is 0 Å². The number of hydrogen-bond acceptors (Lipinski definition) is 5. The van der Waals surface area contributed by atoms with E-state index in [4.69, 9.17) is 9.47 Å². The molecule has 0 radical (unpaired) electrons. The summed E-state index contributed by atoms with van der Waals surface area (Å²) >= 11 is 0. The number of sulfonamides is 1. The van der Waals surface area contributed by atoms with E-state index in [9.17, 15) is 8.42 Å². The second-order valence-corrected chi connectivity index (χ2v) is 9.52. The van der Waals surface area contributed by atoms with Crippen molar-refractivity contribution >= 4 is 15.7 Å². The molecule has 0 N–H and O–H groups in total. The van der Waals surface area contributed by atoms with Crippen molar-refractivity contribution in [3.63, 3.8) is 0 Å². The summed E-state index contributed by atoms with van der Waals surface area (Å²) in [5.74, 6) is 1.05. The Morgan fingerprint density at radius 1 is 0.906 bits per heavy atom. The van der Waals surface area contributed by atoms with E-state index in [1.165, 1.54) is 4.41 Å². The molecular weight excluding hydrogens is 424 g/mol. The third kappa shape index (κ3) is 3.84.